The van der Waals surface area contributed by atoms with Gasteiger partial charge in [0.05, 0.1) is 0 Å². The summed E-state index contributed by atoms with van der Waals surface area (Å²) in [6.45, 7) is 11.7. The lowest BCUT2D eigenvalue weighted by atomic mass is 9.85. The second-order valence-corrected chi connectivity index (χ2v) is 5.67. The third-order valence-corrected chi connectivity index (χ3v) is 2.94. The van der Waals surface area contributed by atoms with Crippen molar-refractivity contribution in [3.63, 3.8) is 0 Å². The topological polar surface area (TPSA) is 34.1 Å². The minimum Gasteiger partial charge on any atom is -0.299 e. The summed E-state index contributed by atoms with van der Waals surface area (Å²) in [6, 6.07) is 0. The summed E-state index contributed by atoms with van der Waals surface area (Å²) >= 11 is 0. The Morgan fingerprint density at radius 2 is 1.47 bits per heavy atom. The predicted molar refractivity (Wildman–Crippen MR) is 62.7 cm³/mol. The Balaban J connectivity index is 4.08. The van der Waals surface area contributed by atoms with Gasteiger partial charge in [-0.05, 0) is 5.92 Å². The monoisotopic (exact) mass is 212 g/mol. The van der Waals surface area contributed by atoms with Gasteiger partial charge < -0.3 is 0 Å². The SMILES string of the molecule is CC(C)C(C)C(=O)CCC(=O)C(C)(C)C. The van der Waals surface area contributed by atoms with Gasteiger partial charge >= 0.3 is 0 Å². The highest BCUT2D eigenvalue weighted by Gasteiger charge is 2.23. The zero-order valence-corrected chi connectivity index (χ0v) is 10.9. The van der Waals surface area contributed by atoms with Crippen molar-refractivity contribution in [2.75, 3.05) is 0 Å². The Morgan fingerprint density at radius 1 is 1.00 bits per heavy atom. The van der Waals surface area contributed by atoms with E-state index in [1.54, 1.807) is 0 Å². The normalized spacial score (nSPS) is 14.1. The van der Waals surface area contributed by atoms with Crippen LogP contribution in [-0.2, 0) is 9.59 Å². The molecule has 0 radical (unpaired) electrons. The maximum absolute atomic E-state index is 11.7. The van der Waals surface area contributed by atoms with Crippen LogP contribution in [0.25, 0.3) is 0 Å². The Morgan fingerprint density at radius 3 is 1.80 bits per heavy atom. The molecule has 0 saturated heterocycles. The molecule has 0 bridgehead atoms. The predicted octanol–water partition coefficient (Wildman–Crippen LogP) is 3.24. The second-order valence-electron chi connectivity index (χ2n) is 5.67. The zero-order valence-electron chi connectivity index (χ0n) is 10.9. The summed E-state index contributed by atoms with van der Waals surface area (Å²) < 4.78 is 0. The van der Waals surface area contributed by atoms with Crippen molar-refractivity contribution < 1.29 is 9.59 Å². The van der Waals surface area contributed by atoms with Crippen molar-refractivity contribution in [3.05, 3.63) is 0 Å². The lowest BCUT2D eigenvalue weighted by Crippen LogP contribution is -2.23. The number of hydrogen-bond acceptors (Lipinski definition) is 2. The molecule has 0 amide bonds. The summed E-state index contributed by atoms with van der Waals surface area (Å²) in [5.41, 5.74) is -0.318. The van der Waals surface area contributed by atoms with Crippen molar-refractivity contribution in [2.24, 2.45) is 17.3 Å². The average Bonchev–Trinajstić information content (AvgIpc) is 2.10. The summed E-state index contributed by atoms with van der Waals surface area (Å²) in [6.07, 6.45) is 0.787. The molecule has 2 heteroatoms. The van der Waals surface area contributed by atoms with Crippen LogP contribution in [0.2, 0.25) is 0 Å². The number of carbonyl (C=O) groups excluding carboxylic acids is 2. The number of carbonyl (C=O) groups is 2. The molecule has 0 aromatic carbocycles. The fourth-order valence-corrected chi connectivity index (χ4v) is 1.21. The molecule has 0 N–H and O–H groups in total. The number of rotatable bonds is 5. The first-order chi connectivity index (χ1) is 6.66. The lowest BCUT2D eigenvalue weighted by molar-refractivity contribution is -0.130. The zero-order chi connectivity index (χ0) is 12.2. The molecule has 15 heavy (non-hydrogen) atoms. The molecular formula is C13H24O2. The van der Waals surface area contributed by atoms with Crippen LogP contribution in [-0.4, -0.2) is 11.6 Å². The quantitative estimate of drug-likeness (QED) is 0.701. The average molecular weight is 212 g/mol. The first-order valence-electron chi connectivity index (χ1n) is 5.72. The Bertz CT molecular complexity index is 233. The lowest BCUT2D eigenvalue weighted by Gasteiger charge is -2.18. The maximum atomic E-state index is 11.7. The van der Waals surface area contributed by atoms with Crippen LogP contribution in [0.4, 0.5) is 0 Å². The van der Waals surface area contributed by atoms with Gasteiger partial charge in [0.2, 0.25) is 0 Å². The number of ketones is 2. The first kappa shape index (κ1) is 14.3. The summed E-state index contributed by atoms with van der Waals surface area (Å²) in [7, 11) is 0. The van der Waals surface area contributed by atoms with Crippen molar-refractivity contribution in [1.82, 2.24) is 0 Å². The molecule has 88 valence electrons. The molecule has 1 atom stereocenters. The van der Waals surface area contributed by atoms with Crippen LogP contribution in [0.5, 0.6) is 0 Å². The summed E-state index contributed by atoms with van der Waals surface area (Å²) in [5.74, 6) is 0.814. The van der Waals surface area contributed by atoms with Crippen LogP contribution >= 0.6 is 0 Å². The molecule has 0 aromatic rings. The van der Waals surface area contributed by atoms with Crippen LogP contribution in [0, 0.1) is 17.3 Å². The van der Waals surface area contributed by atoms with E-state index in [0.717, 1.165) is 0 Å². The summed E-state index contributed by atoms with van der Waals surface area (Å²) in [5, 5.41) is 0. The Hall–Kier alpha value is -0.660. The Kier molecular flexibility index (Phi) is 5.19. The van der Waals surface area contributed by atoms with Crippen molar-refractivity contribution in [1.29, 1.82) is 0 Å². The molecule has 0 aliphatic carbocycles. The maximum Gasteiger partial charge on any atom is 0.138 e. The molecule has 0 aromatic heterocycles. The van der Waals surface area contributed by atoms with Gasteiger partial charge in [0, 0.05) is 24.2 Å². The minimum absolute atomic E-state index is 0.0674. The van der Waals surface area contributed by atoms with Crippen molar-refractivity contribution in [3.8, 4) is 0 Å². The highest BCUT2D eigenvalue weighted by atomic mass is 16.1. The molecule has 0 heterocycles. The van der Waals surface area contributed by atoms with E-state index in [0.29, 0.717) is 18.8 Å². The third-order valence-electron chi connectivity index (χ3n) is 2.94. The first-order valence-corrected chi connectivity index (χ1v) is 5.72. The van der Waals surface area contributed by atoms with E-state index in [1.807, 2.05) is 41.5 Å². The van der Waals surface area contributed by atoms with Crippen LogP contribution in [0.1, 0.15) is 54.4 Å². The molecule has 1 unspecified atom stereocenters. The van der Waals surface area contributed by atoms with E-state index in [2.05, 4.69) is 0 Å². The number of Topliss-reactive ketones (excluding diaryl/α,β-unsaturated/α-hetero) is 2. The Labute approximate surface area is 93.4 Å². The van der Waals surface area contributed by atoms with Crippen molar-refractivity contribution in [2.45, 2.75) is 54.4 Å². The molecular weight excluding hydrogens is 188 g/mol. The van der Waals surface area contributed by atoms with Crippen LogP contribution < -0.4 is 0 Å². The van der Waals surface area contributed by atoms with E-state index in [-0.39, 0.29) is 22.9 Å². The fourth-order valence-electron chi connectivity index (χ4n) is 1.21. The molecule has 0 saturated carbocycles. The molecule has 2 nitrogen and oxygen atoms in total. The van der Waals surface area contributed by atoms with E-state index >= 15 is 0 Å². The van der Waals surface area contributed by atoms with Crippen LogP contribution in [0.3, 0.4) is 0 Å². The van der Waals surface area contributed by atoms with E-state index in [4.69, 9.17) is 0 Å². The van der Waals surface area contributed by atoms with Gasteiger partial charge in [-0.1, -0.05) is 41.5 Å². The fraction of sp³-hybridized carbons (Fsp3) is 0.846. The second kappa shape index (κ2) is 5.43. The highest BCUT2D eigenvalue weighted by Crippen LogP contribution is 2.20. The molecule has 0 rings (SSSR count). The van der Waals surface area contributed by atoms with Crippen LogP contribution in [0.15, 0.2) is 0 Å². The molecule has 0 spiro atoms. The van der Waals surface area contributed by atoms with Crippen molar-refractivity contribution >= 4 is 11.6 Å². The van der Waals surface area contributed by atoms with Gasteiger partial charge in [-0.3, -0.25) is 9.59 Å². The third kappa shape index (κ3) is 5.10. The van der Waals surface area contributed by atoms with Gasteiger partial charge in [-0.2, -0.15) is 0 Å². The van der Waals surface area contributed by atoms with E-state index in [1.165, 1.54) is 0 Å². The molecule has 0 aliphatic rings. The number of hydrogen-bond donors (Lipinski definition) is 0. The minimum atomic E-state index is -0.318. The van der Waals surface area contributed by atoms with Gasteiger partial charge in [-0.25, -0.2) is 0 Å². The standard InChI is InChI=1S/C13H24O2/c1-9(2)10(3)11(14)7-8-12(15)13(4,5)6/h9-10H,7-8H2,1-6H3. The smallest absolute Gasteiger partial charge is 0.138 e. The van der Waals surface area contributed by atoms with E-state index in [9.17, 15) is 9.59 Å². The molecule has 0 aliphatic heterocycles. The van der Waals surface area contributed by atoms with Gasteiger partial charge in [0.1, 0.15) is 11.6 Å². The van der Waals surface area contributed by atoms with Gasteiger partial charge in [0.25, 0.3) is 0 Å². The van der Waals surface area contributed by atoms with E-state index < -0.39 is 0 Å². The van der Waals surface area contributed by atoms with Gasteiger partial charge in [-0.15, -0.1) is 0 Å². The highest BCUT2D eigenvalue weighted by molar-refractivity contribution is 5.89. The summed E-state index contributed by atoms with van der Waals surface area (Å²) in [4.78, 5) is 23.3. The van der Waals surface area contributed by atoms with Gasteiger partial charge in [0.15, 0.2) is 0 Å². The molecule has 0 fully saturated rings. The largest absolute Gasteiger partial charge is 0.299 e.